The van der Waals surface area contributed by atoms with E-state index in [0.717, 1.165) is 0 Å². The predicted molar refractivity (Wildman–Crippen MR) is 133 cm³/mol. The Morgan fingerprint density at radius 1 is 1.22 bits per heavy atom. The number of hydrogen-bond acceptors (Lipinski definition) is 7. The number of carbonyl (C=O) groups excluding carboxylic acids is 2. The number of benzene rings is 1. The first kappa shape index (κ1) is 27.0. The summed E-state index contributed by atoms with van der Waals surface area (Å²) in [5.74, 6) is -0.937. The van der Waals surface area contributed by atoms with Crippen molar-refractivity contribution in [3.8, 4) is 5.75 Å². The summed E-state index contributed by atoms with van der Waals surface area (Å²) in [6.45, 7) is 7.44. The highest BCUT2D eigenvalue weighted by atomic mass is 19.1. The van der Waals surface area contributed by atoms with E-state index in [2.05, 4.69) is 15.6 Å². The number of fused-ring (bicyclic) bond motifs is 1. The maximum Gasteiger partial charge on any atom is 0.270 e. The smallest absolute Gasteiger partial charge is 0.270 e. The van der Waals surface area contributed by atoms with Crippen LogP contribution in [0.4, 0.5) is 4.39 Å². The zero-order chi connectivity index (χ0) is 26.6. The molecule has 200 valence electrons. The number of aromatic nitrogens is 1. The maximum absolute atomic E-state index is 14.8. The highest BCUT2D eigenvalue weighted by molar-refractivity contribution is 5.94. The first-order valence-electron chi connectivity index (χ1n) is 12.5. The molecule has 2 atom stereocenters. The summed E-state index contributed by atoms with van der Waals surface area (Å²) in [7, 11) is 0. The van der Waals surface area contributed by atoms with Crippen molar-refractivity contribution in [2.24, 2.45) is 0 Å². The first-order chi connectivity index (χ1) is 17.6. The van der Waals surface area contributed by atoms with Crippen molar-refractivity contribution in [3.63, 3.8) is 0 Å². The number of amides is 2. The third-order valence-electron chi connectivity index (χ3n) is 6.18. The van der Waals surface area contributed by atoms with Crippen molar-refractivity contribution in [3.05, 3.63) is 58.2 Å². The Kier molecular flexibility index (Phi) is 8.41. The summed E-state index contributed by atoms with van der Waals surface area (Å²) < 4.78 is 31.4. The minimum atomic E-state index is -0.778. The number of rotatable bonds is 8. The normalized spacial score (nSPS) is 19.2. The Labute approximate surface area is 215 Å². The summed E-state index contributed by atoms with van der Waals surface area (Å²) in [6.07, 6.45) is 0.593. The number of nitrogens with one attached hydrogen (secondary N) is 2. The zero-order valence-electron chi connectivity index (χ0n) is 21.4. The topological polar surface area (TPSA) is 119 Å². The SMILES string of the molecule is CC(C)(C)OCCNC(=O)c1ccc(Cc2cc(C(=O)N[C@H]3CCOC[C@@H]3O)nc3c2OCC3)cc1F. The lowest BCUT2D eigenvalue weighted by Crippen LogP contribution is -2.48. The van der Waals surface area contributed by atoms with Crippen LogP contribution >= 0.6 is 0 Å². The van der Waals surface area contributed by atoms with E-state index in [1.54, 1.807) is 12.1 Å². The highest BCUT2D eigenvalue weighted by Crippen LogP contribution is 2.31. The predicted octanol–water partition coefficient (Wildman–Crippen LogP) is 2.17. The molecule has 3 heterocycles. The number of halogens is 1. The third kappa shape index (κ3) is 7.03. The summed E-state index contributed by atoms with van der Waals surface area (Å²) in [6, 6.07) is 5.68. The van der Waals surface area contributed by atoms with Crippen molar-refractivity contribution >= 4 is 11.8 Å². The monoisotopic (exact) mass is 515 g/mol. The molecular weight excluding hydrogens is 481 g/mol. The molecule has 4 rings (SSSR count). The quantitative estimate of drug-likeness (QED) is 0.461. The molecule has 0 radical (unpaired) electrons. The van der Waals surface area contributed by atoms with Crippen molar-refractivity contribution in [1.82, 2.24) is 15.6 Å². The van der Waals surface area contributed by atoms with Crippen molar-refractivity contribution in [2.75, 3.05) is 33.0 Å². The van der Waals surface area contributed by atoms with E-state index < -0.39 is 29.8 Å². The van der Waals surface area contributed by atoms with E-state index in [9.17, 15) is 19.1 Å². The van der Waals surface area contributed by atoms with E-state index >= 15 is 0 Å². The lowest BCUT2D eigenvalue weighted by Gasteiger charge is -2.28. The van der Waals surface area contributed by atoms with Crippen molar-refractivity contribution in [2.45, 2.75) is 57.8 Å². The van der Waals surface area contributed by atoms with Gasteiger partial charge in [-0.1, -0.05) is 6.07 Å². The number of carbonyl (C=O) groups is 2. The number of ether oxygens (including phenoxy) is 3. The van der Waals surface area contributed by atoms with Crippen molar-refractivity contribution < 1.29 is 33.3 Å². The van der Waals surface area contributed by atoms with E-state index in [1.807, 2.05) is 20.8 Å². The maximum atomic E-state index is 14.8. The summed E-state index contributed by atoms with van der Waals surface area (Å²) >= 11 is 0. The van der Waals surface area contributed by atoms with Gasteiger partial charge < -0.3 is 30.0 Å². The molecule has 0 bridgehead atoms. The molecule has 1 aromatic carbocycles. The zero-order valence-corrected chi connectivity index (χ0v) is 21.4. The number of aliphatic hydroxyl groups excluding tert-OH is 1. The largest absolute Gasteiger partial charge is 0.491 e. The van der Waals surface area contributed by atoms with Gasteiger partial charge in [0.25, 0.3) is 11.8 Å². The molecule has 2 aliphatic heterocycles. The fraction of sp³-hybridized carbons (Fsp3) is 0.519. The van der Waals surface area contributed by atoms with E-state index in [0.29, 0.717) is 61.7 Å². The number of nitrogens with zero attached hydrogens (tertiary/aromatic N) is 1. The molecule has 9 nitrogen and oxygen atoms in total. The van der Waals surface area contributed by atoms with Gasteiger partial charge >= 0.3 is 0 Å². The van der Waals surface area contributed by atoms with Gasteiger partial charge in [-0.05, 0) is 51.0 Å². The van der Waals surface area contributed by atoms with Crippen LogP contribution in [0.2, 0.25) is 0 Å². The summed E-state index contributed by atoms with van der Waals surface area (Å²) in [5, 5.41) is 15.6. The lowest BCUT2D eigenvalue weighted by molar-refractivity contribution is -0.0261. The Morgan fingerprint density at radius 2 is 2.03 bits per heavy atom. The Bertz CT molecular complexity index is 1150. The minimum absolute atomic E-state index is 0.0502. The molecule has 3 N–H and O–H groups in total. The minimum Gasteiger partial charge on any atom is -0.491 e. The molecular formula is C27H34FN3O6. The fourth-order valence-corrected chi connectivity index (χ4v) is 4.31. The van der Waals surface area contributed by atoms with Crippen molar-refractivity contribution in [1.29, 1.82) is 0 Å². The van der Waals surface area contributed by atoms with Gasteiger partial charge in [0.05, 0.1) is 48.8 Å². The Morgan fingerprint density at radius 3 is 2.76 bits per heavy atom. The molecule has 0 unspecified atom stereocenters. The van der Waals surface area contributed by atoms with Crippen LogP contribution in [-0.4, -0.2) is 72.6 Å². The molecule has 0 aliphatic carbocycles. The molecule has 0 saturated carbocycles. The van der Waals surface area contributed by atoms with Gasteiger partial charge in [0.1, 0.15) is 17.3 Å². The molecule has 0 spiro atoms. The number of aliphatic hydroxyl groups is 1. The highest BCUT2D eigenvalue weighted by Gasteiger charge is 2.28. The lowest BCUT2D eigenvalue weighted by atomic mass is 10.0. The molecule has 37 heavy (non-hydrogen) atoms. The Hall–Kier alpha value is -3.08. The average molecular weight is 516 g/mol. The standard InChI is InChI=1S/C27H34FN3O6/c1-27(2,3)37-11-8-29-25(33)18-5-4-16(13-19(18)28)12-17-14-22(30-21-7-10-36-24(17)21)26(34)31-20-6-9-35-15-23(20)32/h4-5,13-14,20,23,32H,6-12,15H2,1-3H3,(H,29,33)(H,31,34)/t20-,23-/m0/s1. The molecule has 1 fully saturated rings. The van der Waals surface area contributed by atoms with Crippen LogP contribution < -0.4 is 15.4 Å². The van der Waals surface area contributed by atoms with Gasteiger partial charge in [0.2, 0.25) is 0 Å². The van der Waals surface area contributed by atoms with Crippen LogP contribution in [0.15, 0.2) is 24.3 Å². The second-order valence-electron chi connectivity index (χ2n) is 10.3. The van der Waals surface area contributed by atoms with Crippen LogP contribution in [0.3, 0.4) is 0 Å². The third-order valence-corrected chi connectivity index (χ3v) is 6.18. The van der Waals surface area contributed by atoms with E-state index in [-0.39, 0.29) is 30.0 Å². The van der Waals surface area contributed by atoms with Gasteiger partial charge in [-0.25, -0.2) is 9.37 Å². The second-order valence-corrected chi connectivity index (χ2v) is 10.3. The summed E-state index contributed by atoms with van der Waals surface area (Å²) in [4.78, 5) is 29.8. The number of hydrogen-bond donors (Lipinski definition) is 3. The van der Waals surface area contributed by atoms with Gasteiger partial charge in [-0.2, -0.15) is 0 Å². The van der Waals surface area contributed by atoms with Gasteiger partial charge in [0, 0.05) is 31.6 Å². The van der Waals surface area contributed by atoms with Crippen LogP contribution in [0, 0.1) is 5.82 Å². The van der Waals surface area contributed by atoms with Crippen LogP contribution in [-0.2, 0) is 22.3 Å². The Balaban J connectivity index is 1.45. The molecule has 1 aromatic heterocycles. The van der Waals surface area contributed by atoms with Gasteiger partial charge in [-0.3, -0.25) is 9.59 Å². The van der Waals surface area contributed by atoms with E-state index in [4.69, 9.17) is 14.2 Å². The number of pyridine rings is 1. The fourth-order valence-electron chi connectivity index (χ4n) is 4.31. The molecule has 10 heteroatoms. The van der Waals surface area contributed by atoms with E-state index in [1.165, 1.54) is 12.1 Å². The molecule has 2 amide bonds. The van der Waals surface area contributed by atoms with Crippen LogP contribution in [0.25, 0.3) is 0 Å². The first-order valence-corrected chi connectivity index (χ1v) is 12.5. The molecule has 2 aromatic rings. The molecule has 1 saturated heterocycles. The second kappa shape index (κ2) is 11.5. The van der Waals surface area contributed by atoms with Crippen LogP contribution in [0.5, 0.6) is 5.75 Å². The van der Waals surface area contributed by atoms with Gasteiger partial charge in [0.15, 0.2) is 0 Å². The van der Waals surface area contributed by atoms with Crippen LogP contribution in [0.1, 0.15) is 64.9 Å². The average Bonchev–Trinajstić information content (AvgIpc) is 3.32. The van der Waals surface area contributed by atoms with Gasteiger partial charge in [-0.15, -0.1) is 0 Å². The summed E-state index contributed by atoms with van der Waals surface area (Å²) in [5.41, 5.74) is 1.85. The molecule has 2 aliphatic rings.